The van der Waals surface area contributed by atoms with Crippen molar-refractivity contribution < 1.29 is 9.90 Å². The van der Waals surface area contributed by atoms with Crippen LogP contribution >= 0.6 is 0 Å². The summed E-state index contributed by atoms with van der Waals surface area (Å²) in [5.41, 5.74) is -0.471. The molecule has 0 aliphatic carbocycles. The van der Waals surface area contributed by atoms with E-state index in [4.69, 9.17) is 0 Å². The van der Waals surface area contributed by atoms with Gasteiger partial charge in [-0.2, -0.15) is 0 Å². The number of hydrogen-bond acceptors (Lipinski definition) is 2. The maximum Gasteiger partial charge on any atom is 0.310 e. The van der Waals surface area contributed by atoms with Crippen molar-refractivity contribution >= 4 is 5.97 Å². The predicted octanol–water partition coefficient (Wildman–Crippen LogP) is 3.58. The molecule has 1 rings (SSSR count). The number of carboxylic acid groups (broad SMARTS) is 1. The highest BCUT2D eigenvalue weighted by molar-refractivity contribution is 5.75. The van der Waals surface area contributed by atoms with Gasteiger partial charge in [0.2, 0.25) is 0 Å². The van der Waals surface area contributed by atoms with Gasteiger partial charge in [0, 0.05) is 6.54 Å². The molecule has 0 spiro atoms. The standard InChI is InChI=1S/C15H29NO2/c1-2-3-4-5-6-7-8-10-15(14(17)18)11-9-12-16-13-15/h16H,2-13H2,1H3,(H,17,18). The van der Waals surface area contributed by atoms with E-state index < -0.39 is 11.4 Å². The molecule has 1 aliphatic rings. The van der Waals surface area contributed by atoms with E-state index in [-0.39, 0.29) is 0 Å². The van der Waals surface area contributed by atoms with Crippen LogP contribution in [0.3, 0.4) is 0 Å². The number of unbranched alkanes of at least 4 members (excludes halogenated alkanes) is 6. The Morgan fingerprint density at radius 2 is 1.83 bits per heavy atom. The molecule has 1 saturated heterocycles. The van der Waals surface area contributed by atoms with Gasteiger partial charge in [-0.05, 0) is 25.8 Å². The zero-order valence-corrected chi connectivity index (χ0v) is 11.8. The smallest absolute Gasteiger partial charge is 0.310 e. The number of nitrogens with one attached hydrogen (secondary N) is 1. The number of piperidine rings is 1. The summed E-state index contributed by atoms with van der Waals surface area (Å²) in [6.07, 6.45) is 11.5. The third-order valence-corrected chi connectivity index (χ3v) is 4.18. The Labute approximate surface area is 111 Å². The van der Waals surface area contributed by atoms with E-state index >= 15 is 0 Å². The van der Waals surface area contributed by atoms with Gasteiger partial charge in [0.25, 0.3) is 0 Å². The number of carboxylic acids is 1. The molecule has 18 heavy (non-hydrogen) atoms. The van der Waals surface area contributed by atoms with Crippen LogP contribution in [0, 0.1) is 5.41 Å². The summed E-state index contributed by atoms with van der Waals surface area (Å²) in [6, 6.07) is 0. The minimum absolute atomic E-state index is 0.471. The van der Waals surface area contributed by atoms with Crippen molar-refractivity contribution in [3.05, 3.63) is 0 Å². The molecule has 2 N–H and O–H groups in total. The van der Waals surface area contributed by atoms with Crippen molar-refractivity contribution in [2.75, 3.05) is 13.1 Å². The molecule has 3 nitrogen and oxygen atoms in total. The van der Waals surface area contributed by atoms with Crippen molar-refractivity contribution in [1.82, 2.24) is 5.32 Å². The molecule has 0 amide bonds. The van der Waals surface area contributed by atoms with Crippen molar-refractivity contribution in [3.63, 3.8) is 0 Å². The Bertz CT molecular complexity index is 235. The molecular formula is C15H29NO2. The molecule has 1 fully saturated rings. The summed E-state index contributed by atoms with van der Waals surface area (Å²) in [5.74, 6) is -0.597. The fourth-order valence-electron chi connectivity index (χ4n) is 2.89. The molecule has 3 heteroatoms. The highest BCUT2D eigenvalue weighted by atomic mass is 16.4. The fourth-order valence-corrected chi connectivity index (χ4v) is 2.89. The van der Waals surface area contributed by atoms with Crippen LogP contribution in [-0.4, -0.2) is 24.2 Å². The monoisotopic (exact) mass is 255 g/mol. The van der Waals surface area contributed by atoms with Gasteiger partial charge in [0.05, 0.1) is 5.41 Å². The highest BCUT2D eigenvalue weighted by Crippen LogP contribution is 2.32. The van der Waals surface area contributed by atoms with Gasteiger partial charge in [0.1, 0.15) is 0 Å². The van der Waals surface area contributed by atoms with Crippen LogP contribution in [0.4, 0.5) is 0 Å². The number of hydrogen-bond donors (Lipinski definition) is 2. The number of carbonyl (C=O) groups is 1. The Morgan fingerprint density at radius 3 is 2.39 bits per heavy atom. The molecule has 106 valence electrons. The molecule has 0 aromatic rings. The summed E-state index contributed by atoms with van der Waals surface area (Å²) in [5, 5.41) is 12.7. The third kappa shape index (κ3) is 4.97. The predicted molar refractivity (Wildman–Crippen MR) is 74.8 cm³/mol. The van der Waals surface area contributed by atoms with Crippen molar-refractivity contribution in [2.45, 2.75) is 71.1 Å². The molecule has 0 saturated carbocycles. The zero-order valence-electron chi connectivity index (χ0n) is 11.8. The van der Waals surface area contributed by atoms with E-state index in [1.54, 1.807) is 0 Å². The number of rotatable bonds is 9. The Morgan fingerprint density at radius 1 is 1.17 bits per heavy atom. The number of aliphatic carboxylic acids is 1. The molecule has 0 radical (unpaired) electrons. The maximum atomic E-state index is 11.4. The SMILES string of the molecule is CCCCCCCCCC1(C(=O)O)CCCNC1. The molecule has 1 atom stereocenters. The van der Waals surface area contributed by atoms with Crippen LogP contribution in [0.15, 0.2) is 0 Å². The van der Waals surface area contributed by atoms with Crippen LogP contribution in [0.5, 0.6) is 0 Å². The van der Waals surface area contributed by atoms with Crippen LogP contribution in [0.1, 0.15) is 71.1 Å². The maximum absolute atomic E-state index is 11.4. The van der Waals surface area contributed by atoms with Gasteiger partial charge >= 0.3 is 5.97 Å². The van der Waals surface area contributed by atoms with E-state index in [1.165, 1.54) is 38.5 Å². The van der Waals surface area contributed by atoms with Gasteiger partial charge in [-0.1, -0.05) is 51.9 Å². The molecule has 1 unspecified atom stereocenters. The molecular weight excluding hydrogens is 226 g/mol. The Hall–Kier alpha value is -0.570. The second kappa shape index (κ2) is 8.52. The second-order valence-electron chi connectivity index (χ2n) is 5.74. The first-order valence-corrected chi connectivity index (χ1v) is 7.65. The lowest BCUT2D eigenvalue weighted by molar-refractivity contribution is -0.150. The average molecular weight is 255 g/mol. The van der Waals surface area contributed by atoms with Crippen molar-refractivity contribution in [2.24, 2.45) is 5.41 Å². The van der Waals surface area contributed by atoms with Crippen LogP contribution in [0.25, 0.3) is 0 Å². The lowest BCUT2D eigenvalue weighted by atomic mass is 9.76. The van der Waals surface area contributed by atoms with Crippen molar-refractivity contribution in [1.29, 1.82) is 0 Å². The first-order chi connectivity index (χ1) is 8.71. The Balaban J connectivity index is 2.16. The van der Waals surface area contributed by atoms with E-state index in [0.717, 1.165) is 32.2 Å². The van der Waals surface area contributed by atoms with Gasteiger partial charge in [-0.15, -0.1) is 0 Å². The first kappa shape index (κ1) is 15.5. The third-order valence-electron chi connectivity index (χ3n) is 4.18. The fraction of sp³-hybridized carbons (Fsp3) is 0.933. The summed E-state index contributed by atoms with van der Waals surface area (Å²) in [7, 11) is 0. The lowest BCUT2D eigenvalue weighted by Gasteiger charge is -2.33. The summed E-state index contributed by atoms with van der Waals surface area (Å²) in [4.78, 5) is 11.4. The topological polar surface area (TPSA) is 49.3 Å². The first-order valence-electron chi connectivity index (χ1n) is 7.65. The van der Waals surface area contributed by atoms with E-state index in [2.05, 4.69) is 12.2 Å². The molecule has 0 aromatic heterocycles. The summed E-state index contributed by atoms with van der Waals surface area (Å²) < 4.78 is 0. The molecule has 1 aliphatic heterocycles. The van der Waals surface area contributed by atoms with E-state index in [1.807, 2.05) is 0 Å². The summed E-state index contributed by atoms with van der Waals surface area (Å²) >= 11 is 0. The van der Waals surface area contributed by atoms with Crippen LogP contribution in [0.2, 0.25) is 0 Å². The average Bonchev–Trinajstić information content (AvgIpc) is 2.38. The Kier molecular flexibility index (Phi) is 7.33. The highest BCUT2D eigenvalue weighted by Gasteiger charge is 2.38. The largest absolute Gasteiger partial charge is 0.481 e. The van der Waals surface area contributed by atoms with Gasteiger partial charge in [-0.25, -0.2) is 0 Å². The normalized spacial score (nSPS) is 24.1. The molecule has 0 bridgehead atoms. The van der Waals surface area contributed by atoms with Gasteiger partial charge in [0.15, 0.2) is 0 Å². The van der Waals surface area contributed by atoms with E-state index in [9.17, 15) is 9.90 Å². The van der Waals surface area contributed by atoms with E-state index in [0.29, 0.717) is 6.54 Å². The van der Waals surface area contributed by atoms with Gasteiger partial charge in [-0.3, -0.25) is 4.79 Å². The second-order valence-corrected chi connectivity index (χ2v) is 5.74. The minimum Gasteiger partial charge on any atom is -0.481 e. The van der Waals surface area contributed by atoms with Crippen molar-refractivity contribution in [3.8, 4) is 0 Å². The molecule has 0 aromatic carbocycles. The summed E-state index contributed by atoms with van der Waals surface area (Å²) in [6.45, 7) is 3.87. The minimum atomic E-state index is -0.597. The van der Waals surface area contributed by atoms with Crippen LogP contribution < -0.4 is 5.32 Å². The quantitative estimate of drug-likeness (QED) is 0.619. The van der Waals surface area contributed by atoms with Crippen LogP contribution in [-0.2, 0) is 4.79 Å². The lowest BCUT2D eigenvalue weighted by Crippen LogP contribution is -2.45. The zero-order chi connectivity index (χ0) is 13.3. The van der Waals surface area contributed by atoms with Gasteiger partial charge < -0.3 is 10.4 Å². The molecule has 1 heterocycles.